The van der Waals surface area contributed by atoms with Crippen LogP contribution in [0.1, 0.15) is 19.3 Å². The second-order valence-electron chi connectivity index (χ2n) is 2.39. The SMILES string of the molecule is F[B-](F)(F)C=C(Br)CCCCCl.[K+]. The van der Waals surface area contributed by atoms with E-state index < -0.39 is 6.98 Å². The van der Waals surface area contributed by atoms with Gasteiger partial charge in [-0.05, 0) is 23.7 Å². The third-order valence-corrected chi connectivity index (χ3v) is 2.10. The summed E-state index contributed by atoms with van der Waals surface area (Å²) in [6.07, 6.45) is 1.84. The van der Waals surface area contributed by atoms with Crippen molar-refractivity contribution in [2.75, 3.05) is 5.88 Å². The fourth-order valence-electron chi connectivity index (χ4n) is 0.677. The third kappa shape index (κ3) is 14.0. The molecule has 0 N–H and O–H groups in total. The minimum absolute atomic E-state index is 0. The van der Waals surface area contributed by atoms with Gasteiger partial charge in [-0.25, -0.2) is 0 Å². The molecule has 0 fully saturated rings. The molecule has 0 saturated carbocycles. The monoisotopic (exact) mass is 302 g/mol. The maximum atomic E-state index is 11.7. The van der Waals surface area contributed by atoms with E-state index in [-0.39, 0.29) is 55.9 Å². The minimum atomic E-state index is -4.81. The maximum Gasteiger partial charge on any atom is 1.00 e. The first-order valence-electron chi connectivity index (χ1n) is 3.59. The normalized spacial score (nSPS) is 12.5. The van der Waals surface area contributed by atoms with E-state index in [0.717, 1.165) is 6.42 Å². The van der Waals surface area contributed by atoms with Gasteiger partial charge in [0.25, 0.3) is 0 Å². The van der Waals surface area contributed by atoms with E-state index in [9.17, 15) is 12.9 Å². The van der Waals surface area contributed by atoms with Crippen LogP contribution < -0.4 is 51.4 Å². The zero-order valence-corrected chi connectivity index (χ0v) is 12.8. The minimum Gasteiger partial charge on any atom is -0.445 e. The molecule has 0 amide bonds. The summed E-state index contributed by atoms with van der Waals surface area (Å²) < 4.78 is 35.4. The molecule has 0 radical (unpaired) electrons. The zero-order chi connectivity index (χ0) is 9.61. The molecule has 0 nitrogen and oxygen atoms in total. The second-order valence-corrected chi connectivity index (χ2v) is 3.78. The van der Waals surface area contributed by atoms with Gasteiger partial charge in [-0.2, -0.15) is 0 Å². The van der Waals surface area contributed by atoms with Crippen LogP contribution in [0.2, 0.25) is 0 Å². The van der Waals surface area contributed by atoms with Crippen molar-refractivity contribution < 1.29 is 64.3 Å². The molecular weight excluding hydrogens is 294 g/mol. The molecule has 0 aliphatic heterocycles. The standard InChI is InChI=1S/C6H9BBrClF3.K/c8-6(3-1-2-4-9)5-7(10,11)12;/h5H,1-4H2;/q-1;+1. The summed E-state index contributed by atoms with van der Waals surface area (Å²) in [4.78, 5) is 0. The largest absolute Gasteiger partial charge is 1.00 e. The van der Waals surface area contributed by atoms with Crippen molar-refractivity contribution in [1.82, 2.24) is 0 Å². The van der Waals surface area contributed by atoms with Crippen LogP contribution in [0.15, 0.2) is 10.5 Å². The molecule has 0 aliphatic carbocycles. The zero-order valence-electron chi connectivity index (χ0n) is 7.37. The molecule has 0 aromatic heterocycles. The molecule has 0 atom stereocenters. The Hall–Kier alpha value is 2.00. The molecule has 0 saturated heterocycles. The second kappa shape index (κ2) is 9.24. The quantitative estimate of drug-likeness (QED) is 0.405. The summed E-state index contributed by atoms with van der Waals surface area (Å²) in [5.74, 6) is 0.825. The Kier molecular flexibility index (Phi) is 12.4. The maximum absolute atomic E-state index is 11.7. The number of hydrogen-bond acceptors (Lipinski definition) is 0. The predicted octanol–water partition coefficient (Wildman–Crippen LogP) is 1.06. The van der Waals surface area contributed by atoms with E-state index in [1.807, 2.05) is 0 Å². The number of halogens is 5. The van der Waals surface area contributed by atoms with Gasteiger partial charge in [-0.1, -0.05) is 15.9 Å². The molecular formula is C6H9BBrClF3K. The van der Waals surface area contributed by atoms with Crippen molar-refractivity contribution in [2.24, 2.45) is 0 Å². The Bertz CT molecular complexity index is 162. The van der Waals surface area contributed by atoms with Crippen LogP contribution in [0.4, 0.5) is 12.9 Å². The van der Waals surface area contributed by atoms with Gasteiger partial charge in [0.1, 0.15) is 0 Å². The van der Waals surface area contributed by atoms with Gasteiger partial charge in [-0.3, -0.25) is 0 Å². The fraction of sp³-hybridized carbons (Fsp3) is 0.667. The van der Waals surface area contributed by atoms with Gasteiger partial charge in [0, 0.05) is 5.88 Å². The van der Waals surface area contributed by atoms with Gasteiger partial charge in [0.05, 0.1) is 0 Å². The summed E-state index contributed by atoms with van der Waals surface area (Å²) >= 11 is 8.22. The van der Waals surface area contributed by atoms with E-state index >= 15 is 0 Å². The van der Waals surface area contributed by atoms with Crippen molar-refractivity contribution in [1.29, 1.82) is 0 Å². The Morgan fingerprint density at radius 1 is 1.31 bits per heavy atom. The molecule has 0 spiro atoms. The summed E-state index contributed by atoms with van der Waals surface area (Å²) in [7, 11) is 0. The average Bonchev–Trinajstić information content (AvgIpc) is 1.84. The topological polar surface area (TPSA) is 0 Å². The van der Waals surface area contributed by atoms with Crippen molar-refractivity contribution >= 4 is 34.5 Å². The Morgan fingerprint density at radius 2 is 1.85 bits per heavy atom. The van der Waals surface area contributed by atoms with Crippen LogP contribution in [0.3, 0.4) is 0 Å². The molecule has 0 aliphatic rings. The molecule has 0 aromatic rings. The van der Waals surface area contributed by atoms with Crippen molar-refractivity contribution in [2.45, 2.75) is 19.3 Å². The molecule has 0 bridgehead atoms. The molecule has 7 heteroatoms. The van der Waals surface area contributed by atoms with Crippen LogP contribution in [0.5, 0.6) is 0 Å². The van der Waals surface area contributed by atoms with Gasteiger partial charge in [0.2, 0.25) is 0 Å². The van der Waals surface area contributed by atoms with Gasteiger partial charge >= 0.3 is 58.4 Å². The van der Waals surface area contributed by atoms with Crippen LogP contribution >= 0.6 is 27.5 Å². The first-order valence-corrected chi connectivity index (χ1v) is 4.91. The Morgan fingerprint density at radius 3 is 2.23 bits per heavy atom. The summed E-state index contributed by atoms with van der Waals surface area (Å²) in [6.45, 7) is -4.81. The number of unbranched alkanes of at least 4 members (excludes halogenated alkanes) is 1. The fourth-order valence-corrected chi connectivity index (χ4v) is 1.45. The van der Waals surface area contributed by atoms with E-state index in [1.165, 1.54) is 0 Å². The first-order chi connectivity index (χ1) is 5.45. The van der Waals surface area contributed by atoms with Crippen LogP contribution in [0, 0.1) is 0 Å². The molecule has 0 heterocycles. The average molecular weight is 303 g/mol. The van der Waals surface area contributed by atoms with Crippen molar-refractivity contribution in [3.8, 4) is 0 Å². The summed E-state index contributed by atoms with van der Waals surface area (Å²) in [6, 6.07) is 0. The number of rotatable bonds is 5. The number of alkyl halides is 1. The van der Waals surface area contributed by atoms with Gasteiger partial charge in [-0.15, -0.1) is 17.6 Å². The van der Waals surface area contributed by atoms with Crippen LogP contribution in [-0.2, 0) is 0 Å². The van der Waals surface area contributed by atoms with Crippen LogP contribution in [-0.4, -0.2) is 12.9 Å². The van der Waals surface area contributed by atoms with E-state index in [0.29, 0.717) is 24.7 Å². The smallest absolute Gasteiger partial charge is 0.445 e. The van der Waals surface area contributed by atoms with Crippen LogP contribution in [0.25, 0.3) is 0 Å². The molecule has 0 unspecified atom stereocenters. The van der Waals surface area contributed by atoms with E-state index in [1.54, 1.807) is 0 Å². The molecule has 13 heavy (non-hydrogen) atoms. The van der Waals surface area contributed by atoms with Crippen molar-refractivity contribution in [3.05, 3.63) is 10.5 Å². The molecule has 0 rings (SSSR count). The third-order valence-electron chi connectivity index (χ3n) is 1.17. The summed E-state index contributed by atoms with van der Waals surface area (Å²) in [5, 5.41) is 0. The van der Waals surface area contributed by atoms with E-state index in [4.69, 9.17) is 11.6 Å². The number of allylic oxidation sites excluding steroid dienone is 1. The first kappa shape index (κ1) is 17.4. The predicted molar refractivity (Wildman–Crippen MR) is 50.7 cm³/mol. The molecule has 72 valence electrons. The van der Waals surface area contributed by atoms with Gasteiger partial charge < -0.3 is 12.9 Å². The van der Waals surface area contributed by atoms with E-state index in [2.05, 4.69) is 15.9 Å². The summed E-state index contributed by atoms with van der Waals surface area (Å²) in [5.41, 5.74) is 0. The Balaban J connectivity index is 0. The van der Waals surface area contributed by atoms with Gasteiger partial charge in [0.15, 0.2) is 0 Å². The Labute approximate surface area is 132 Å². The number of hydrogen-bond donors (Lipinski definition) is 0. The molecule has 0 aromatic carbocycles. The van der Waals surface area contributed by atoms with Crippen molar-refractivity contribution in [3.63, 3.8) is 0 Å².